The summed E-state index contributed by atoms with van der Waals surface area (Å²) in [7, 11) is 0. The summed E-state index contributed by atoms with van der Waals surface area (Å²) in [5.74, 6) is -0.406. The maximum atomic E-state index is 12.3. The predicted molar refractivity (Wildman–Crippen MR) is 104 cm³/mol. The van der Waals surface area contributed by atoms with Gasteiger partial charge in [-0.1, -0.05) is 32.2 Å². The Bertz CT molecular complexity index is 955. The molecule has 148 valence electrons. The Morgan fingerprint density at radius 1 is 1.57 bits per heavy atom. The quantitative estimate of drug-likeness (QED) is 0.583. The molecule has 0 aromatic carbocycles. The lowest BCUT2D eigenvalue weighted by Gasteiger charge is -2.36. The molecular weight excluding hydrogens is 380 g/mol. The van der Waals surface area contributed by atoms with Crippen LogP contribution in [0.2, 0.25) is 0 Å². The number of aromatic nitrogens is 3. The van der Waals surface area contributed by atoms with Gasteiger partial charge in [0.2, 0.25) is 12.2 Å². The second-order valence-electron chi connectivity index (χ2n) is 7.65. The number of hydrogen-bond acceptors (Lipinski definition) is 7. The van der Waals surface area contributed by atoms with Crippen molar-refractivity contribution < 1.29 is 9.72 Å². The molecule has 1 unspecified atom stereocenters. The fourth-order valence-electron chi connectivity index (χ4n) is 3.51. The molecule has 0 spiro atoms. The molecule has 9 nitrogen and oxygen atoms in total. The molecule has 1 aliphatic carbocycles. The summed E-state index contributed by atoms with van der Waals surface area (Å²) in [6, 6.07) is 2.23. The van der Waals surface area contributed by atoms with E-state index in [1.807, 2.05) is 0 Å². The highest BCUT2D eigenvalue weighted by Crippen LogP contribution is 2.45. The lowest BCUT2D eigenvalue weighted by atomic mass is 9.69. The summed E-state index contributed by atoms with van der Waals surface area (Å²) < 4.78 is 1.10. The number of rotatable bonds is 6. The number of fused-ring (bicyclic) bond motifs is 1. The molecule has 28 heavy (non-hydrogen) atoms. The number of hydrogen-bond donors (Lipinski definition) is 1. The van der Waals surface area contributed by atoms with Crippen LogP contribution in [0, 0.1) is 32.8 Å². The summed E-state index contributed by atoms with van der Waals surface area (Å²) in [4.78, 5) is 27.0. The fourth-order valence-corrected chi connectivity index (χ4v) is 4.80. The minimum Gasteiger partial charge on any atom is -0.390 e. The number of nitriles is 1. The van der Waals surface area contributed by atoms with Gasteiger partial charge in [-0.3, -0.25) is 4.79 Å². The van der Waals surface area contributed by atoms with Crippen LogP contribution in [-0.4, -0.2) is 25.6 Å². The summed E-state index contributed by atoms with van der Waals surface area (Å²) in [6.07, 6.45) is 5.03. The maximum absolute atomic E-state index is 12.3. The van der Waals surface area contributed by atoms with Crippen LogP contribution in [0.5, 0.6) is 0 Å². The topological polar surface area (TPSA) is 127 Å². The first-order chi connectivity index (χ1) is 13.2. The van der Waals surface area contributed by atoms with Crippen molar-refractivity contribution in [2.24, 2.45) is 11.3 Å². The van der Waals surface area contributed by atoms with Crippen LogP contribution in [0.25, 0.3) is 0 Å². The molecule has 0 saturated carbocycles. The van der Waals surface area contributed by atoms with Gasteiger partial charge in [-0.05, 0) is 41.1 Å². The van der Waals surface area contributed by atoms with Gasteiger partial charge in [-0.25, -0.2) is 0 Å². The molecule has 0 aliphatic heterocycles. The number of nitrogens with one attached hydrogen (secondary N) is 1. The van der Waals surface area contributed by atoms with Gasteiger partial charge in [-0.2, -0.15) is 9.94 Å². The van der Waals surface area contributed by atoms with Crippen molar-refractivity contribution in [1.82, 2.24) is 14.8 Å². The van der Waals surface area contributed by atoms with E-state index < -0.39 is 16.8 Å². The largest absolute Gasteiger partial charge is 0.490 e. The minimum atomic E-state index is -0.719. The molecule has 10 heteroatoms. The van der Waals surface area contributed by atoms with Crippen LogP contribution in [0.4, 0.5) is 10.9 Å². The number of nitrogens with zero attached hydrogens (tertiary/aromatic N) is 5. The highest BCUT2D eigenvalue weighted by Gasteiger charge is 2.34. The van der Waals surface area contributed by atoms with Gasteiger partial charge in [0, 0.05) is 9.98 Å². The Morgan fingerprint density at radius 2 is 2.32 bits per heavy atom. The summed E-state index contributed by atoms with van der Waals surface area (Å²) in [6.45, 7) is 6.55. The number of nitro groups is 1. The smallest absolute Gasteiger partial charge is 0.390 e. The van der Waals surface area contributed by atoms with Crippen molar-refractivity contribution >= 4 is 28.2 Å². The van der Waals surface area contributed by atoms with Gasteiger partial charge in [0.15, 0.2) is 0 Å². The molecule has 0 saturated heterocycles. The Balaban J connectivity index is 1.75. The molecule has 0 fully saturated rings. The number of carbonyl (C=O) groups excluding carboxylic acids is 1. The van der Waals surface area contributed by atoms with Crippen molar-refractivity contribution in [1.29, 1.82) is 5.26 Å². The van der Waals surface area contributed by atoms with Gasteiger partial charge < -0.3 is 15.4 Å². The third-order valence-electron chi connectivity index (χ3n) is 5.64. The van der Waals surface area contributed by atoms with Gasteiger partial charge in [0.05, 0.1) is 5.56 Å². The third-order valence-corrected chi connectivity index (χ3v) is 6.81. The summed E-state index contributed by atoms with van der Waals surface area (Å²) >= 11 is 1.46. The van der Waals surface area contributed by atoms with E-state index in [2.05, 4.69) is 42.2 Å². The van der Waals surface area contributed by atoms with Crippen molar-refractivity contribution in [2.75, 3.05) is 5.32 Å². The molecule has 3 rings (SSSR count). The van der Waals surface area contributed by atoms with Crippen molar-refractivity contribution in [3.05, 3.63) is 32.4 Å². The second-order valence-corrected chi connectivity index (χ2v) is 8.75. The van der Waals surface area contributed by atoms with Crippen LogP contribution in [0.3, 0.4) is 0 Å². The van der Waals surface area contributed by atoms with Crippen molar-refractivity contribution in [3.8, 4) is 6.07 Å². The molecule has 2 aromatic rings. The van der Waals surface area contributed by atoms with Gasteiger partial charge >= 0.3 is 5.95 Å². The predicted octanol–water partition coefficient (Wildman–Crippen LogP) is 3.30. The zero-order chi connectivity index (χ0) is 20.5. The number of amides is 1. The lowest BCUT2D eigenvalue weighted by Crippen LogP contribution is -2.28. The van der Waals surface area contributed by atoms with Crippen LogP contribution in [-0.2, 0) is 24.2 Å². The molecule has 1 atom stereocenters. The normalized spacial score (nSPS) is 16.3. The molecule has 1 amide bonds. The average Bonchev–Trinajstić information content (AvgIpc) is 3.24. The van der Waals surface area contributed by atoms with E-state index in [0.717, 1.165) is 42.3 Å². The number of thiophene rings is 1. The Kier molecular flexibility index (Phi) is 5.47. The van der Waals surface area contributed by atoms with Crippen LogP contribution < -0.4 is 5.32 Å². The van der Waals surface area contributed by atoms with Crippen LogP contribution >= 0.6 is 11.3 Å². The summed E-state index contributed by atoms with van der Waals surface area (Å²) in [5.41, 5.74) is 1.81. The van der Waals surface area contributed by atoms with E-state index in [1.54, 1.807) is 0 Å². The van der Waals surface area contributed by atoms with E-state index >= 15 is 0 Å². The first-order valence-electron chi connectivity index (χ1n) is 9.13. The number of carbonyl (C=O) groups is 1. The minimum absolute atomic E-state index is 0.209. The van der Waals surface area contributed by atoms with Crippen molar-refractivity contribution in [2.45, 2.75) is 53.0 Å². The Hall–Kier alpha value is -2.80. The van der Waals surface area contributed by atoms with Gasteiger partial charge in [-0.15, -0.1) is 11.3 Å². The van der Waals surface area contributed by atoms with E-state index in [9.17, 15) is 20.2 Å². The molecule has 0 radical (unpaired) electrons. The van der Waals surface area contributed by atoms with Crippen LogP contribution in [0.1, 0.15) is 49.6 Å². The molecular formula is C18H22N6O3S. The van der Waals surface area contributed by atoms with E-state index in [1.165, 1.54) is 16.2 Å². The van der Waals surface area contributed by atoms with Crippen LogP contribution in [0.15, 0.2) is 6.33 Å². The maximum Gasteiger partial charge on any atom is 0.490 e. The molecule has 1 aliphatic rings. The monoisotopic (exact) mass is 402 g/mol. The van der Waals surface area contributed by atoms with Gasteiger partial charge in [0.25, 0.3) is 0 Å². The second kappa shape index (κ2) is 7.67. The average molecular weight is 402 g/mol. The Morgan fingerprint density at radius 3 is 2.93 bits per heavy atom. The first-order valence-corrected chi connectivity index (χ1v) is 9.95. The highest BCUT2D eigenvalue weighted by atomic mass is 32.1. The lowest BCUT2D eigenvalue weighted by molar-refractivity contribution is -0.394. The van der Waals surface area contributed by atoms with E-state index in [0.29, 0.717) is 16.5 Å². The SMILES string of the molecule is CCC(C)(C)C1CCc2c(sc(NC(=O)Cn3cnc([N+](=O)[O-])n3)c2C#N)C1. The highest BCUT2D eigenvalue weighted by molar-refractivity contribution is 7.16. The molecule has 1 N–H and O–H groups in total. The standard InChI is InChI=1S/C18H22N6O3S/c1-4-18(2,3)11-5-6-12-13(8-19)16(28-14(12)7-11)21-15(25)9-23-10-20-17(22-23)24(26)27/h10-11H,4-7,9H2,1-3H3,(H,21,25). The fraction of sp³-hybridized carbons (Fsp3) is 0.556. The zero-order valence-corrected chi connectivity index (χ0v) is 16.9. The number of anilines is 1. The summed E-state index contributed by atoms with van der Waals surface area (Å²) in [5, 5.41) is 27.2. The first kappa shape index (κ1) is 19.9. The Labute approximate surface area is 166 Å². The zero-order valence-electron chi connectivity index (χ0n) is 16.1. The molecule has 0 bridgehead atoms. The van der Waals surface area contributed by atoms with Crippen molar-refractivity contribution in [3.63, 3.8) is 0 Å². The molecule has 2 heterocycles. The van der Waals surface area contributed by atoms with Gasteiger partial charge in [0.1, 0.15) is 17.6 Å². The van der Waals surface area contributed by atoms with E-state index in [-0.39, 0.29) is 12.0 Å². The van der Waals surface area contributed by atoms with E-state index in [4.69, 9.17) is 0 Å². The third kappa shape index (κ3) is 3.89. The molecule has 2 aromatic heterocycles.